The largest absolute Gasteiger partial charge is 0.394 e. The quantitative estimate of drug-likeness (QED) is 0.752. The standard InChI is InChI=1S/C15H20N4O/c1-3-13-18-14(16-2)9-15(19-13)17-12(10-20)11-7-5-4-6-8-11/h4-9,12,20H,3,10H2,1-2H3,(H2,16,17,18,19). The molecule has 2 rings (SSSR count). The number of nitrogens with one attached hydrogen (secondary N) is 2. The molecule has 20 heavy (non-hydrogen) atoms. The zero-order valence-electron chi connectivity index (χ0n) is 11.8. The Morgan fingerprint density at radius 3 is 2.45 bits per heavy atom. The zero-order valence-corrected chi connectivity index (χ0v) is 11.8. The average Bonchev–Trinajstić information content (AvgIpc) is 2.53. The predicted octanol–water partition coefficient (Wildman–Crippen LogP) is 2.23. The summed E-state index contributed by atoms with van der Waals surface area (Å²) >= 11 is 0. The molecule has 5 nitrogen and oxygen atoms in total. The number of aryl methyl sites for hydroxylation is 1. The summed E-state index contributed by atoms with van der Waals surface area (Å²) in [5.74, 6) is 2.25. The van der Waals surface area contributed by atoms with Gasteiger partial charge in [0.15, 0.2) is 0 Å². The Labute approximate surface area is 119 Å². The number of aliphatic hydroxyl groups excluding tert-OH is 1. The van der Waals surface area contributed by atoms with Gasteiger partial charge in [-0.15, -0.1) is 0 Å². The molecule has 2 aromatic rings. The maximum absolute atomic E-state index is 9.57. The second kappa shape index (κ2) is 6.86. The van der Waals surface area contributed by atoms with Gasteiger partial charge in [-0.25, -0.2) is 9.97 Å². The predicted molar refractivity (Wildman–Crippen MR) is 80.8 cm³/mol. The van der Waals surface area contributed by atoms with Crippen molar-refractivity contribution in [2.45, 2.75) is 19.4 Å². The smallest absolute Gasteiger partial charge is 0.132 e. The molecule has 1 aromatic heterocycles. The Hall–Kier alpha value is -2.14. The lowest BCUT2D eigenvalue weighted by molar-refractivity contribution is 0.276. The molecular formula is C15H20N4O. The van der Waals surface area contributed by atoms with Crippen molar-refractivity contribution in [3.8, 4) is 0 Å². The summed E-state index contributed by atoms with van der Waals surface area (Å²) in [5, 5.41) is 15.8. The van der Waals surface area contributed by atoms with E-state index in [4.69, 9.17) is 0 Å². The van der Waals surface area contributed by atoms with Gasteiger partial charge in [0.1, 0.15) is 17.5 Å². The fourth-order valence-corrected chi connectivity index (χ4v) is 1.96. The molecule has 106 valence electrons. The molecule has 1 heterocycles. The second-order valence-corrected chi connectivity index (χ2v) is 4.45. The van der Waals surface area contributed by atoms with Gasteiger partial charge in [-0.1, -0.05) is 37.3 Å². The lowest BCUT2D eigenvalue weighted by Gasteiger charge is -2.18. The lowest BCUT2D eigenvalue weighted by atomic mass is 10.1. The number of benzene rings is 1. The lowest BCUT2D eigenvalue weighted by Crippen LogP contribution is -2.16. The molecule has 0 fully saturated rings. The molecule has 1 atom stereocenters. The first-order valence-corrected chi connectivity index (χ1v) is 6.74. The third kappa shape index (κ3) is 3.45. The average molecular weight is 272 g/mol. The molecule has 0 aliphatic carbocycles. The zero-order chi connectivity index (χ0) is 14.4. The Morgan fingerprint density at radius 2 is 1.85 bits per heavy atom. The Morgan fingerprint density at radius 1 is 1.15 bits per heavy atom. The van der Waals surface area contributed by atoms with Crippen molar-refractivity contribution < 1.29 is 5.11 Å². The Balaban J connectivity index is 2.23. The first-order chi connectivity index (χ1) is 9.76. The van der Waals surface area contributed by atoms with Gasteiger partial charge < -0.3 is 15.7 Å². The normalized spacial score (nSPS) is 11.9. The fraction of sp³-hybridized carbons (Fsp3) is 0.333. The van der Waals surface area contributed by atoms with Crippen LogP contribution in [-0.2, 0) is 6.42 Å². The van der Waals surface area contributed by atoms with Crippen molar-refractivity contribution in [1.82, 2.24) is 9.97 Å². The van der Waals surface area contributed by atoms with Crippen molar-refractivity contribution in [3.63, 3.8) is 0 Å². The highest BCUT2D eigenvalue weighted by atomic mass is 16.3. The van der Waals surface area contributed by atoms with E-state index in [0.717, 1.165) is 23.6 Å². The summed E-state index contributed by atoms with van der Waals surface area (Å²) in [6.45, 7) is 2.02. The molecule has 5 heteroatoms. The van der Waals surface area contributed by atoms with Crippen molar-refractivity contribution in [1.29, 1.82) is 0 Å². The first-order valence-electron chi connectivity index (χ1n) is 6.74. The monoisotopic (exact) mass is 272 g/mol. The summed E-state index contributed by atoms with van der Waals surface area (Å²) in [4.78, 5) is 8.79. The molecule has 0 aliphatic rings. The minimum atomic E-state index is -0.180. The topological polar surface area (TPSA) is 70.1 Å². The van der Waals surface area contributed by atoms with Crippen LogP contribution in [0, 0.1) is 0 Å². The van der Waals surface area contributed by atoms with Gasteiger partial charge in [0.05, 0.1) is 12.6 Å². The van der Waals surface area contributed by atoms with Crippen LogP contribution in [0.15, 0.2) is 36.4 Å². The highest BCUT2D eigenvalue weighted by Crippen LogP contribution is 2.19. The van der Waals surface area contributed by atoms with Crippen molar-refractivity contribution in [2.24, 2.45) is 0 Å². The summed E-state index contributed by atoms with van der Waals surface area (Å²) < 4.78 is 0. The minimum Gasteiger partial charge on any atom is -0.394 e. The number of nitrogens with zero attached hydrogens (tertiary/aromatic N) is 2. The summed E-state index contributed by atoms with van der Waals surface area (Å²) in [7, 11) is 1.83. The number of rotatable bonds is 6. The van der Waals surface area contributed by atoms with Crippen LogP contribution in [0.4, 0.5) is 11.6 Å². The molecule has 0 radical (unpaired) electrons. The van der Waals surface area contributed by atoms with Crippen molar-refractivity contribution in [2.75, 3.05) is 24.3 Å². The number of aromatic nitrogens is 2. The molecule has 3 N–H and O–H groups in total. The van der Waals surface area contributed by atoms with E-state index in [-0.39, 0.29) is 12.6 Å². The van der Waals surface area contributed by atoms with E-state index in [1.807, 2.05) is 50.4 Å². The van der Waals surface area contributed by atoms with Gasteiger partial charge in [0.2, 0.25) is 0 Å². The SMILES string of the molecule is CCc1nc(NC)cc(NC(CO)c2ccccc2)n1. The summed E-state index contributed by atoms with van der Waals surface area (Å²) in [6, 6.07) is 11.5. The Bertz CT molecular complexity index is 523. The van der Waals surface area contributed by atoms with Crippen molar-refractivity contribution >= 4 is 11.6 Å². The molecule has 0 saturated heterocycles. The van der Waals surface area contributed by atoms with Gasteiger partial charge in [-0.05, 0) is 5.56 Å². The van der Waals surface area contributed by atoms with Crippen LogP contribution >= 0.6 is 0 Å². The third-order valence-electron chi connectivity index (χ3n) is 3.05. The third-order valence-corrected chi connectivity index (χ3v) is 3.05. The van der Waals surface area contributed by atoms with E-state index in [9.17, 15) is 5.11 Å². The summed E-state index contributed by atoms with van der Waals surface area (Å²) in [5.41, 5.74) is 1.03. The van der Waals surface area contributed by atoms with E-state index in [1.54, 1.807) is 0 Å². The minimum absolute atomic E-state index is 0.00433. The van der Waals surface area contributed by atoms with Crippen LogP contribution in [-0.4, -0.2) is 28.7 Å². The van der Waals surface area contributed by atoms with E-state index in [0.29, 0.717) is 5.82 Å². The second-order valence-electron chi connectivity index (χ2n) is 4.45. The van der Waals surface area contributed by atoms with Crippen LogP contribution < -0.4 is 10.6 Å². The van der Waals surface area contributed by atoms with Crippen molar-refractivity contribution in [3.05, 3.63) is 47.8 Å². The highest BCUT2D eigenvalue weighted by molar-refractivity contribution is 5.48. The molecule has 0 amide bonds. The van der Waals surface area contributed by atoms with E-state index in [2.05, 4.69) is 20.6 Å². The maximum Gasteiger partial charge on any atom is 0.132 e. The molecule has 0 saturated carbocycles. The molecule has 0 aliphatic heterocycles. The van der Waals surface area contributed by atoms with Gasteiger partial charge in [-0.3, -0.25) is 0 Å². The molecule has 0 bridgehead atoms. The van der Waals surface area contributed by atoms with Gasteiger partial charge in [0.25, 0.3) is 0 Å². The van der Waals surface area contributed by atoms with Crippen LogP contribution in [0.1, 0.15) is 24.4 Å². The highest BCUT2D eigenvalue weighted by Gasteiger charge is 2.11. The number of aliphatic hydroxyl groups is 1. The fourth-order valence-electron chi connectivity index (χ4n) is 1.96. The van der Waals surface area contributed by atoms with E-state index >= 15 is 0 Å². The Kier molecular flexibility index (Phi) is 4.90. The molecule has 1 aromatic carbocycles. The van der Waals surface area contributed by atoms with Crippen LogP contribution in [0.5, 0.6) is 0 Å². The number of anilines is 2. The molecular weight excluding hydrogens is 252 g/mol. The van der Waals surface area contributed by atoms with E-state index < -0.39 is 0 Å². The molecule has 1 unspecified atom stereocenters. The summed E-state index contributed by atoms with van der Waals surface area (Å²) in [6.07, 6.45) is 0.763. The maximum atomic E-state index is 9.57. The van der Waals surface area contributed by atoms with Gasteiger partial charge >= 0.3 is 0 Å². The van der Waals surface area contributed by atoms with Gasteiger partial charge in [-0.2, -0.15) is 0 Å². The van der Waals surface area contributed by atoms with Crippen LogP contribution in [0.2, 0.25) is 0 Å². The molecule has 0 spiro atoms. The first kappa shape index (κ1) is 14.3. The van der Waals surface area contributed by atoms with E-state index in [1.165, 1.54) is 0 Å². The van der Waals surface area contributed by atoms with Crippen LogP contribution in [0.3, 0.4) is 0 Å². The number of hydrogen-bond donors (Lipinski definition) is 3. The van der Waals surface area contributed by atoms with Gasteiger partial charge in [0, 0.05) is 19.5 Å². The number of hydrogen-bond acceptors (Lipinski definition) is 5. The van der Waals surface area contributed by atoms with Crippen LogP contribution in [0.25, 0.3) is 0 Å².